The first-order chi connectivity index (χ1) is 13.7. The van der Waals surface area contributed by atoms with Gasteiger partial charge in [0.05, 0.1) is 28.1 Å². The lowest BCUT2D eigenvalue weighted by atomic mass is 10.1. The van der Waals surface area contributed by atoms with E-state index in [4.69, 9.17) is 0 Å². The van der Waals surface area contributed by atoms with E-state index in [0.29, 0.717) is 6.54 Å². The van der Waals surface area contributed by atoms with Gasteiger partial charge in [-0.05, 0) is 36.3 Å². The molecule has 142 valence electrons. The highest BCUT2D eigenvalue weighted by Crippen LogP contribution is 2.29. The van der Waals surface area contributed by atoms with Gasteiger partial charge in [0.15, 0.2) is 0 Å². The zero-order valence-electron chi connectivity index (χ0n) is 15.3. The number of H-pyrrole nitrogens is 2. The molecule has 0 spiro atoms. The average Bonchev–Trinajstić information content (AvgIpc) is 3.35. The second kappa shape index (κ2) is 6.84. The highest BCUT2D eigenvalue weighted by molar-refractivity contribution is 7.81. The van der Waals surface area contributed by atoms with Gasteiger partial charge in [-0.1, -0.05) is 6.08 Å². The van der Waals surface area contributed by atoms with E-state index in [1.165, 1.54) is 5.57 Å². The molecule has 3 N–H and O–H groups in total. The fourth-order valence-electron chi connectivity index (χ4n) is 3.50. The summed E-state index contributed by atoms with van der Waals surface area (Å²) in [7, 11) is -0.932. The third kappa shape index (κ3) is 3.08. The maximum atomic E-state index is 11.6. The van der Waals surface area contributed by atoms with E-state index in [0.717, 1.165) is 52.1 Å². The van der Waals surface area contributed by atoms with Crippen molar-refractivity contribution < 1.29 is 4.21 Å². The van der Waals surface area contributed by atoms with Crippen LogP contribution < -0.4 is 5.32 Å². The van der Waals surface area contributed by atoms with Gasteiger partial charge in [0.2, 0.25) is 0 Å². The van der Waals surface area contributed by atoms with Crippen LogP contribution >= 0.6 is 0 Å². The van der Waals surface area contributed by atoms with Crippen molar-refractivity contribution in [3.05, 3.63) is 48.6 Å². The summed E-state index contributed by atoms with van der Waals surface area (Å²) in [5.74, 6) is 0.753. The Balaban J connectivity index is 1.46. The van der Waals surface area contributed by atoms with Gasteiger partial charge in [-0.25, -0.2) is 18.5 Å². The number of hydrogen-bond acceptors (Lipinski definition) is 5. The van der Waals surface area contributed by atoms with Crippen molar-refractivity contribution in [1.82, 2.24) is 29.5 Å². The third-order valence-corrected chi connectivity index (χ3v) is 6.07. The molecule has 0 bridgehead atoms. The zero-order valence-corrected chi connectivity index (χ0v) is 16.1. The van der Waals surface area contributed by atoms with Crippen molar-refractivity contribution >= 4 is 50.0 Å². The predicted octanol–water partition coefficient (Wildman–Crippen LogP) is 2.96. The Hall–Kier alpha value is -3.04. The van der Waals surface area contributed by atoms with E-state index < -0.39 is 11.0 Å². The Labute approximate surface area is 163 Å². The zero-order chi connectivity index (χ0) is 19.1. The van der Waals surface area contributed by atoms with Crippen LogP contribution in [-0.4, -0.2) is 53.0 Å². The molecular formula is C19H19N7OS. The van der Waals surface area contributed by atoms with Crippen molar-refractivity contribution in [2.45, 2.75) is 6.42 Å². The lowest BCUT2D eigenvalue weighted by Gasteiger charge is -2.23. The van der Waals surface area contributed by atoms with Crippen molar-refractivity contribution in [1.29, 1.82) is 0 Å². The van der Waals surface area contributed by atoms with Gasteiger partial charge in [-0.2, -0.15) is 5.10 Å². The lowest BCUT2D eigenvalue weighted by Crippen LogP contribution is -2.29. The quantitative estimate of drug-likeness (QED) is 0.495. The summed E-state index contributed by atoms with van der Waals surface area (Å²) in [6.45, 7) is 1.47. The summed E-state index contributed by atoms with van der Waals surface area (Å²) in [6, 6.07) is 8.09. The maximum absolute atomic E-state index is 11.6. The molecule has 0 amide bonds. The fraction of sp³-hybridized carbons (Fsp3) is 0.211. The van der Waals surface area contributed by atoms with E-state index in [-0.39, 0.29) is 0 Å². The second-order valence-corrected chi connectivity index (χ2v) is 8.12. The number of anilines is 2. The van der Waals surface area contributed by atoms with Crippen LogP contribution in [0.5, 0.6) is 0 Å². The van der Waals surface area contributed by atoms with Gasteiger partial charge in [0, 0.05) is 36.1 Å². The van der Waals surface area contributed by atoms with E-state index in [1.807, 2.05) is 22.5 Å². The molecule has 0 fully saturated rings. The number of hydrogen-bond donors (Lipinski definition) is 3. The molecule has 8 nitrogen and oxygen atoms in total. The highest BCUT2D eigenvalue weighted by atomic mass is 32.2. The Morgan fingerprint density at radius 3 is 3.00 bits per heavy atom. The van der Waals surface area contributed by atoms with E-state index in [9.17, 15) is 4.21 Å². The predicted molar refractivity (Wildman–Crippen MR) is 111 cm³/mol. The van der Waals surface area contributed by atoms with Crippen LogP contribution in [0.1, 0.15) is 12.1 Å². The largest absolute Gasteiger partial charge is 0.340 e. The number of nitrogens with one attached hydrogen (secondary N) is 3. The molecule has 1 aromatic carbocycles. The number of aromatic nitrogens is 5. The molecule has 1 atom stereocenters. The molecule has 1 aliphatic heterocycles. The summed E-state index contributed by atoms with van der Waals surface area (Å²) in [5.41, 5.74) is 4.97. The van der Waals surface area contributed by atoms with Crippen LogP contribution in [0, 0.1) is 0 Å². The summed E-state index contributed by atoms with van der Waals surface area (Å²) in [4.78, 5) is 12.2. The van der Waals surface area contributed by atoms with Gasteiger partial charge < -0.3 is 10.3 Å². The number of nitrogens with zero attached hydrogens (tertiary/aromatic N) is 4. The Morgan fingerprint density at radius 1 is 1.25 bits per heavy atom. The summed E-state index contributed by atoms with van der Waals surface area (Å²) in [5, 5.41) is 12.4. The summed E-state index contributed by atoms with van der Waals surface area (Å²) >= 11 is 0. The van der Waals surface area contributed by atoms with Crippen LogP contribution in [0.3, 0.4) is 0 Å². The minimum absolute atomic E-state index is 0.690. The molecule has 0 radical (unpaired) electrons. The molecule has 1 unspecified atom stereocenters. The van der Waals surface area contributed by atoms with Crippen LogP contribution in [0.2, 0.25) is 0 Å². The number of fused-ring (bicyclic) bond motifs is 2. The van der Waals surface area contributed by atoms with Crippen molar-refractivity contribution in [2.75, 3.05) is 24.7 Å². The van der Waals surface area contributed by atoms with Crippen LogP contribution in [0.25, 0.3) is 27.5 Å². The average molecular weight is 393 g/mol. The lowest BCUT2D eigenvalue weighted by molar-refractivity contribution is 0.486. The number of benzene rings is 1. The molecule has 4 aromatic rings. The third-order valence-electron chi connectivity index (χ3n) is 5.01. The molecule has 4 heterocycles. The number of aromatic amines is 2. The molecule has 0 saturated heterocycles. The van der Waals surface area contributed by atoms with Crippen molar-refractivity contribution in [2.24, 2.45) is 0 Å². The maximum Gasteiger partial charge on any atom is 0.143 e. The van der Waals surface area contributed by atoms with Crippen LogP contribution in [-0.2, 0) is 11.0 Å². The molecule has 9 heteroatoms. The SMILES string of the molecule is CS(=O)N1CC=C(c2cc3c(Nc4ccc5[nH]ncc5c4)ncnc3[nH]2)CC1. The molecule has 0 aliphatic carbocycles. The normalized spacial score (nSPS) is 16.4. The minimum Gasteiger partial charge on any atom is -0.340 e. The van der Waals surface area contributed by atoms with E-state index in [2.05, 4.69) is 42.6 Å². The Kier molecular flexibility index (Phi) is 4.18. The van der Waals surface area contributed by atoms with E-state index in [1.54, 1.807) is 18.8 Å². The van der Waals surface area contributed by atoms with Gasteiger partial charge >= 0.3 is 0 Å². The Morgan fingerprint density at radius 2 is 2.18 bits per heavy atom. The second-order valence-electron chi connectivity index (χ2n) is 6.76. The molecule has 28 heavy (non-hydrogen) atoms. The van der Waals surface area contributed by atoms with Crippen molar-refractivity contribution in [3.8, 4) is 0 Å². The summed E-state index contributed by atoms with van der Waals surface area (Å²) in [6.07, 6.45) is 8.05. The van der Waals surface area contributed by atoms with Crippen molar-refractivity contribution in [3.63, 3.8) is 0 Å². The first kappa shape index (κ1) is 17.1. The monoisotopic (exact) mass is 393 g/mol. The van der Waals surface area contributed by atoms with Crippen LogP contribution in [0.4, 0.5) is 11.5 Å². The molecule has 3 aromatic heterocycles. The fourth-order valence-corrected chi connectivity index (χ4v) is 4.13. The number of rotatable bonds is 4. The summed E-state index contributed by atoms with van der Waals surface area (Å²) < 4.78 is 13.6. The first-order valence-corrected chi connectivity index (χ1v) is 10.5. The van der Waals surface area contributed by atoms with Crippen LogP contribution in [0.15, 0.2) is 42.9 Å². The molecule has 0 saturated carbocycles. The van der Waals surface area contributed by atoms with Gasteiger partial charge in [-0.15, -0.1) is 0 Å². The standard InChI is InChI=1S/C19H19N7OS/c1-28(27)26-6-4-12(5-7-26)17-9-15-18(20-11-21-19(15)24-17)23-14-2-3-16-13(8-14)10-22-25-16/h2-4,8-11H,5-7H2,1H3,(H,22,25)(H2,20,21,23,24). The molecule has 5 rings (SSSR count). The molecule has 1 aliphatic rings. The smallest absolute Gasteiger partial charge is 0.143 e. The topological polar surface area (TPSA) is 103 Å². The van der Waals surface area contributed by atoms with Gasteiger partial charge in [-0.3, -0.25) is 5.10 Å². The van der Waals surface area contributed by atoms with Gasteiger partial charge in [0.25, 0.3) is 0 Å². The molecular weight excluding hydrogens is 374 g/mol. The first-order valence-electron chi connectivity index (χ1n) is 8.99. The highest BCUT2D eigenvalue weighted by Gasteiger charge is 2.17. The Bertz CT molecular complexity index is 1230. The van der Waals surface area contributed by atoms with E-state index >= 15 is 0 Å². The minimum atomic E-state index is -0.932. The van der Waals surface area contributed by atoms with Gasteiger partial charge in [0.1, 0.15) is 17.8 Å².